The SMILES string of the molecule is NC(=O)CONC(=O)[C@@H]1CCCNC1. The molecule has 6 heteroatoms. The van der Waals surface area contributed by atoms with Crippen LogP contribution in [-0.4, -0.2) is 31.5 Å². The standard InChI is InChI=1S/C8H15N3O3/c9-7(12)5-14-11-8(13)6-2-1-3-10-4-6/h6,10H,1-5H2,(H2,9,12)(H,11,13)/t6-/m1/s1. The van der Waals surface area contributed by atoms with Crippen molar-refractivity contribution in [1.82, 2.24) is 10.8 Å². The maximum atomic E-state index is 11.4. The van der Waals surface area contributed by atoms with Gasteiger partial charge in [-0.25, -0.2) is 5.48 Å². The summed E-state index contributed by atoms with van der Waals surface area (Å²) in [5.41, 5.74) is 7.03. The van der Waals surface area contributed by atoms with Gasteiger partial charge in [-0.1, -0.05) is 0 Å². The van der Waals surface area contributed by atoms with Gasteiger partial charge in [-0.3, -0.25) is 14.4 Å². The normalized spacial score (nSPS) is 21.6. The fourth-order valence-electron chi connectivity index (χ4n) is 1.34. The van der Waals surface area contributed by atoms with E-state index >= 15 is 0 Å². The summed E-state index contributed by atoms with van der Waals surface area (Å²) in [6.07, 6.45) is 1.83. The minimum Gasteiger partial charge on any atom is -0.368 e. The molecule has 0 aromatic heterocycles. The lowest BCUT2D eigenvalue weighted by Gasteiger charge is -2.21. The molecule has 1 saturated heterocycles. The lowest BCUT2D eigenvalue weighted by molar-refractivity contribution is -0.141. The zero-order chi connectivity index (χ0) is 10.4. The molecule has 2 amide bonds. The van der Waals surface area contributed by atoms with E-state index in [0.717, 1.165) is 19.4 Å². The molecule has 0 unspecified atom stereocenters. The smallest absolute Gasteiger partial charge is 0.247 e. The second kappa shape index (κ2) is 5.56. The molecule has 1 fully saturated rings. The minimum absolute atomic E-state index is 0.0726. The lowest BCUT2D eigenvalue weighted by atomic mass is 9.99. The highest BCUT2D eigenvalue weighted by Gasteiger charge is 2.20. The topological polar surface area (TPSA) is 93.5 Å². The predicted octanol–water partition coefficient (Wildman–Crippen LogP) is -1.48. The number of hydrogen-bond donors (Lipinski definition) is 3. The molecular weight excluding hydrogens is 186 g/mol. The van der Waals surface area contributed by atoms with Gasteiger partial charge in [0.05, 0.1) is 5.92 Å². The number of piperidine rings is 1. The van der Waals surface area contributed by atoms with Gasteiger partial charge in [-0.15, -0.1) is 0 Å². The van der Waals surface area contributed by atoms with E-state index in [-0.39, 0.29) is 18.4 Å². The van der Waals surface area contributed by atoms with E-state index in [0.29, 0.717) is 6.54 Å². The Morgan fingerprint density at radius 1 is 1.57 bits per heavy atom. The molecule has 4 N–H and O–H groups in total. The summed E-state index contributed by atoms with van der Waals surface area (Å²) in [4.78, 5) is 26.3. The van der Waals surface area contributed by atoms with Crippen molar-refractivity contribution in [3.63, 3.8) is 0 Å². The molecule has 0 saturated carbocycles. The van der Waals surface area contributed by atoms with Gasteiger partial charge in [0, 0.05) is 6.54 Å². The number of nitrogens with one attached hydrogen (secondary N) is 2. The first-order valence-corrected chi connectivity index (χ1v) is 4.61. The number of primary amides is 1. The molecule has 0 aromatic carbocycles. The highest BCUT2D eigenvalue weighted by atomic mass is 16.7. The molecule has 0 bridgehead atoms. The number of hydrogen-bond acceptors (Lipinski definition) is 4. The number of carbonyl (C=O) groups excluding carboxylic acids is 2. The Hall–Kier alpha value is -1.14. The molecule has 14 heavy (non-hydrogen) atoms. The molecule has 80 valence electrons. The van der Waals surface area contributed by atoms with Gasteiger partial charge in [0.2, 0.25) is 11.8 Å². The summed E-state index contributed by atoms with van der Waals surface area (Å²) in [6.45, 7) is 1.32. The first-order chi connectivity index (χ1) is 6.70. The number of hydroxylamine groups is 1. The van der Waals surface area contributed by atoms with Crippen molar-refractivity contribution in [2.45, 2.75) is 12.8 Å². The zero-order valence-electron chi connectivity index (χ0n) is 7.91. The zero-order valence-corrected chi connectivity index (χ0v) is 7.91. The Labute approximate surface area is 82.1 Å². The molecule has 1 heterocycles. The molecule has 0 spiro atoms. The fraction of sp³-hybridized carbons (Fsp3) is 0.750. The Bertz CT molecular complexity index is 214. The van der Waals surface area contributed by atoms with Gasteiger partial charge < -0.3 is 11.1 Å². The van der Waals surface area contributed by atoms with Crippen molar-refractivity contribution >= 4 is 11.8 Å². The average Bonchev–Trinajstić information content (AvgIpc) is 2.18. The van der Waals surface area contributed by atoms with Crippen LogP contribution in [0.25, 0.3) is 0 Å². The third-order valence-electron chi connectivity index (χ3n) is 2.05. The van der Waals surface area contributed by atoms with Gasteiger partial charge in [-0.2, -0.15) is 0 Å². The van der Waals surface area contributed by atoms with E-state index in [1.165, 1.54) is 0 Å². The summed E-state index contributed by atoms with van der Waals surface area (Å²) in [7, 11) is 0. The molecular formula is C8H15N3O3. The van der Waals surface area contributed by atoms with Crippen molar-refractivity contribution in [2.24, 2.45) is 11.7 Å². The van der Waals surface area contributed by atoms with E-state index in [1.54, 1.807) is 0 Å². The summed E-state index contributed by atoms with van der Waals surface area (Å²) < 4.78 is 0. The average molecular weight is 201 g/mol. The highest BCUT2D eigenvalue weighted by molar-refractivity contribution is 5.78. The number of nitrogens with two attached hydrogens (primary N) is 1. The molecule has 1 aliphatic heterocycles. The van der Waals surface area contributed by atoms with Gasteiger partial charge in [0.25, 0.3) is 0 Å². The van der Waals surface area contributed by atoms with Crippen LogP contribution in [-0.2, 0) is 14.4 Å². The van der Waals surface area contributed by atoms with E-state index in [9.17, 15) is 9.59 Å². The van der Waals surface area contributed by atoms with Crippen LogP contribution in [0.5, 0.6) is 0 Å². The predicted molar refractivity (Wildman–Crippen MR) is 48.9 cm³/mol. The monoisotopic (exact) mass is 201 g/mol. The molecule has 1 atom stereocenters. The maximum Gasteiger partial charge on any atom is 0.247 e. The lowest BCUT2D eigenvalue weighted by Crippen LogP contribution is -2.41. The summed E-state index contributed by atoms with van der Waals surface area (Å²) in [6, 6.07) is 0. The molecule has 6 nitrogen and oxygen atoms in total. The van der Waals surface area contributed by atoms with E-state index < -0.39 is 5.91 Å². The number of rotatable bonds is 4. The summed E-state index contributed by atoms with van der Waals surface area (Å²) in [5, 5.41) is 3.11. The van der Waals surface area contributed by atoms with E-state index in [1.807, 2.05) is 0 Å². The third-order valence-corrected chi connectivity index (χ3v) is 2.05. The molecule has 0 radical (unpaired) electrons. The van der Waals surface area contributed by atoms with Crippen LogP contribution >= 0.6 is 0 Å². The second-order valence-corrected chi connectivity index (χ2v) is 3.26. The van der Waals surface area contributed by atoms with Crippen molar-refractivity contribution in [3.05, 3.63) is 0 Å². The number of amides is 2. The molecule has 1 rings (SSSR count). The summed E-state index contributed by atoms with van der Waals surface area (Å²) >= 11 is 0. The van der Waals surface area contributed by atoms with Crippen LogP contribution in [0, 0.1) is 5.92 Å². The van der Waals surface area contributed by atoms with Crippen molar-refractivity contribution in [2.75, 3.05) is 19.7 Å². The van der Waals surface area contributed by atoms with Gasteiger partial charge in [0.1, 0.15) is 0 Å². The van der Waals surface area contributed by atoms with Crippen molar-refractivity contribution in [3.8, 4) is 0 Å². The third kappa shape index (κ3) is 3.71. The second-order valence-electron chi connectivity index (χ2n) is 3.26. The van der Waals surface area contributed by atoms with E-state index in [2.05, 4.69) is 15.6 Å². The largest absolute Gasteiger partial charge is 0.368 e. The minimum atomic E-state index is -0.605. The van der Waals surface area contributed by atoms with Gasteiger partial charge in [0.15, 0.2) is 6.61 Å². The first-order valence-electron chi connectivity index (χ1n) is 4.61. The Morgan fingerprint density at radius 2 is 2.36 bits per heavy atom. The van der Waals surface area contributed by atoms with Crippen LogP contribution < -0.4 is 16.5 Å². The Kier molecular flexibility index (Phi) is 4.34. The van der Waals surface area contributed by atoms with Crippen LogP contribution in [0.3, 0.4) is 0 Å². The van der Waals surface area contributed by atoms with E-state index in [4.69, 9.17) is 5.73 Å². The van der Waals surface area contributed by atoms with Crippen LogP contribution in [0.1, 0.15) is 12.8 Å². The molecule has 0 aromatic rings. The van der Waals surface area contributed by atoms with Crippen LogP contribution in [0.15, 0.2) is 0 Å². The van der Waals surface area contributed by atoms with Gasteiger partial charge in [-0.05, 0) is 19.4 Å². The molecule has 0 aliphatic carbocycles. The highest BCUT2D eigenvalue weighted by Crippen LogP contribution is 2.09. The Balaban J connectivity index is 2.16. The molecule has 1 aliphatic rings. The number of carbonyl (C=O) groups is 2. The summed E-state index contributed by atoms with van der Waals surface area (Å²) in [5.74, 6) is -0.873. The first kappa shape index (κ1) is 10.9. The fourth-order valence-corrected chi connectivity index (χ4v) is 1.34. The quantitative estimate of drug-likeness (QED) is 0.483. The maximum absolute atomic E-state index is 11.4. The van der Waals surface area contributed by atoms with Gasteiger partial charge >= 0.3 is 0 Å². The van der Waals surface area contributed by atoms with Crippen LogP contribution in [0.2, 0.25) is 0 Å². The van der Waals surface area contributed by atoms with Crippen molar-refractivity contribution in [1.29, 1.82) is 0 Å². The Morgan fingerprint density at radius 3 is 2.93 bits per heavy atom. The van der Waals surface area contributed by atoms with Crippen molar-refractivity contribution < 1.29 is 14.4 Å². The van der Waals surface area contributed by atoms with Crippen LogP contribution in [0.4, 0.5) is 0 Å².